The van der Waals surface area contributed by atoms with Crippen molar-refractivity contribution in [2.75, 3.05) is 19.7 Å². The van der Waals surface area contributed by atoms with E-state index in [2.05, 4.69) is 15.3 Å². The maximum Gasteiger partial charge on any atom is 0.254 e. The van der Waals surface area contributed by atoms with E-state index in [4.69, 9.17) is 14.2 Å². The van der Waals surface area contributed by atoms with E-state index < -0.39 is 17.7 Å². The number of aliphatic hydroxyl groups excluding tert-OH is 1. The number of likely N-dealkylation sites (tertiary alicyclic amines) is 1. The number of rotatable bonds is 5. The molecular formula is C27H31N5O5. The molecule has 1 N–H and O–H groups in total. The summed E-state index contributed by atoms with van der Waals surface area (Å²) in [5.74, 6) is 0.674. The van der Waals surface area contributed by atoms with Crippen LogP contribution in [0.1, 0.15) is 56.0 Å². The van der Waals surface area contributed by atoms with Gasteiger partial charge in [-0.1, -0.05) is 5.21 Å². The maximum atomic E-state index is 13.3. The van der Waals surface area contributed by atoms with E-state index in [0.29, 0.717) is 51.3 Å². The fourth-order valence-corrected chi connectivity index (χ4v) is 6.64. The number of hydrogen-bond donors (Lipinski definition) is 1. The van der Waals surface area contributed by atoms with Crippen molar-refractivity contribution in [3.8, 4) is 5.75 Å². The number of aromatic nitrogens is 4. The van der Waals surface area contributed by atoms with E-state index >= 15 is 0 Å². The molecule has 3 saturated heterocycles. The number of pyridine rings is 1. The third-order valence-electron chi connectivity index (χ3n) is 8.44. The minimum absolute atomic E-state index is 0.0716. The first-order valence-electron chi connectivity index (χ1n) is 13.1. The van der Waals surface area contributed by atoms with Crippen LogP contribution >= 0.6 is 0 Å². The standard InChI is InChI=1S/C27H31N5O5/c1-16(36-19-3-4-22-21(9-19)20-6-8-35-13-17(20)10-28-22)23-12-32(30-29-23)27-14-26(2,15-27)37-24(27)25(34)31-7-5-18(33)11-31/h3-4,9-10,12,16,18,24,33H,5-8,11,13-15H2,1-2H3/t16-,18?,24?,26?,27?/m1/s1. The first-order valence-corrected chi connectivity index (χ1v) is 13.1. The van der Waals surface area contributed by atoms with Crippen molar-refractivity contribution in [2.24, 2.45) is 0 Å². The quantitative estimate of drug-likeness (QED) is 0.562. The number of fused-ring (bicyclic) bond motifs is 4. The van der Waals surface area contributed by atoms with Crippen LogP contribution in [0.2, 0.25) is 0 Å². The number of benzene rings is 1. The van der Waals surface area contributed by atoms with Gasteiger partial charge in [0.25, 0.3) is 5.91 Å². The predicted octanol–water partition coefficient (Wildman–Crippen LogP) is 2.28. The monoisotopic (exact) mass is 505 g/mol. The van der Waals surface area contributed by atoms with Crippen molar-refractivity contribution in [3.05, 3.63) is 47.4 Å². The number of ether oxygens (including phenoxy) is 3. The van der Waals surface area contributed by atoms with Gasteiger partial charge in [0.2, 0.25) is 0 Å². The van der Waals surface area contributed by atoms with Crippen LogP contribution in [0.15, 0.2) is 30.6 Å². The summed E-state index contributed by atoms with van der Waals surface area (Å²) < 4.78 is 19.9. The molecule has 10 heteroatoms. The van der Waals surface area contributed by atoms with Crippen LogP contribution in [0, 0.1) is 0 Å². The summed E-state index contributed by atoms with van der Waals surface area (Å²) in [4.78, 5) is 19.6. The third-order valence-corrected chi connectivity index (χ3v) is 8.44. The topological polar surface area (TPSA) is 112 Å². The maximum absolute atomic E-state index is 13.3. The number of amides is 1. The van der Waals surface area contributed by atoms with Gasteiger partial charge in [-0.2, -0.15) is 0 Å². The smallest absolute Gasteiger partial charge is 0.254 e. The zero-order chi connectivity index (χ0) is 25.4. The molecule has 3 atom stereocenters. The normalized spacial score (nSPS) is 31.3. The van der Waals surface area contributed by atoms with Gasteiger partial charge in [0.05, 0.1) is 36.6 Å². The lowest BCUT2D eigenvalue weighted by Crippen LogP contribution is -2.55. The van der Waals surface area contributed by atoms with Crippen LogP contribution in [0.25, 0.3) is 10.9 Å². The first kappa shape index (κ1) is 23.1. The van der Waals surface area contributed by atoms with Gasteiger partial charge in [-0.15, -0.1) is 5.10 Å². The van der Waals surface area contributed by atoms with Gasteiger partial charge in [0.1, 0.15) is 23.1 Å². The van der Waals surface area contributed by atoms with Gasteiger partial charge in [-0.25, -0.2) is 4.68 Å². The molecule has 4 fully saturated rings. The Hall–Kier alpha value is -3.08. The molecule has 5 aliphatic rings. The van der Waals surface area contributed by atoms with Crippen LogP contribution in [0.3, 0.4) is 0 Å². The number of hydrogen-bond acceptors (Lipinski definition) is 8. The molecule has 1 saturated carbocycles. The summed E-state index contributed by atoms with van der Waals surface area (Å²) in [5.41, 5.74) is 3.15. The fourth-order valence-electron chi connectivity index (χ4n) is 6.64. The molecule has 194 valence electrons. The molecule has 10 nitrogen and oxygen atoms in total. The largest absolute Gasteiger partial charge is 0.484 e. The van der Waals surface area contributed by atoms with Crippen molar-refractivity contribution in [1.29, 1.82) is 0 Å². The van der Waals surface area contributed by atoms with Gasteiger partial charge in [-0.05, 0) is 56.0 Å². The Labute approximate surface area is 214 Å². The van der Waals surface area contributed by atoms with E-state index in [9.17, 15) is 9.90 Å². The number of aliphatic hydroxyl groups is 1. The van der Waals surface area contributed by atoms with Crippen LogP contribution in [-0.4, -0.2) is 73.4 Å². The lowest BCUT2D eigenvalue weighted by Gasteiger charge is -2.43. The summed E-state index contributed by atoms with van der Waals surface area (Å²) in [5, 5.41) is 19.9. The van der Waals surface area contributed by atoms with Crippen LogP contribution in [0.5, 0.6) is 5.75 Å². The molecule has 2 bridgehead atoms. The molecule has 1 amide bonds. The molecule has 1 aliphatic carbocycles. The highest BCUT2D eigenvalue weighted by atomic mass is 16.5. The third kappa shape index (κ3) is 3.65. The molecule has 0 spiro atoms. The van der Waals surface area contributed by atoms with E-state index in [0.717, 1.165) is 28.6 Å². The predicted molar refractivity (Wildman–Crippen MR) is 132 cm³/mol. The average Bonchev–Trinajstić information content (AvgIpc) is 3.65. The average molecular weight is 506 g/mol. The minimum atomic E-state index is -0.628. The van der Waals surface area contributed by atoms with E-state index in [1.54, 1.807) is 4.90 Å². The highest BCUT2D eigenvalue weighted by Gasteiger charge is 2.70. The molecule has 3 aromatic rings. The molecule has 0 radical (unpaired) electrons. The zero-order valence-corrected chi connectivity index (χ0v) is 21.1. The van der Waals surface area contributed by atoms with Gasteiger partial charge in [0.15, 0.2) is 6.10 Å². The molecule has 1 aromatic carbocycles. The summed E-state index contributed by atoms with van der Waals surface area (Å²) in [6, 6.07) is 5.97. The van der Waals surface area contributed by atoms with Gasteiger partial charge >= 0.3 is 0 Å². The van der Waals surface area contributed by atoms with Crippen molar-refractivity contribution >= 4 is 16.8 Å². The SMILES string of the molecule is C[C@@H](Oc1ccc2ncc3c(c2c1)CCOC3)c1cn(C23CC(C)(C2)OC3C(=O)N2CCC(O)C2)nn1. The lowest BCUT2D eigenvalue weighted by atomic mass is 9.67. The molecule has 2 unspecified atom stereocenters. The molecule has 6 heterocycles. The van der Waals surface area contributed by atoms with Crippen LogP contribution in [0.4, 0.5) is 0 Å². The Morgan fingerprint density at radius 1 is 1.32 bits per heavy atom. The minimum Gasteiger partial charge on any atom is -0.484 e. The van der Waals surface area contributed by atoms with E-state index in [-0.39, 0.29) is 17.6 Å². The second-order valence-corrected chi connectivity index (χ2v) is 11.2. The zero-order valence-electron chi connectivity index (χ0n) is 21.1. The Kier molecular flexibility index (Phi) is 5.12. The molecule has 4 aliphatic heterocycles. The number of β-amino-alcohol motifs (C(OH)–C–C–N with tert-alkyl or cyclic N) is 1. The fraction of sp³-hybridized carbons (Fsp3) is 0.556. The summed E-state index contributed by atoms with van der Waals surface area (Å²) in [7, 11) is 0. The summed E-state index contributed by atoms with van der Waals surface area (Å²) in [6.07, 6.45) is 5.24. The number of nitrogens with zero attached hydrogens (tertiary/aromatic N) is 5. The molecule has 37 heavy (non-hydrogen) atoms. The first-order chi connectivity index (χ1) is 17.8. The van der Waals surface area contributed by atoms with Crippen LogP contribution < -0.4 is 4.74 Å². The van der Waals surface area contributed by atoms with Crippen molar-refractivity contribution in [1.82, 2.24) is 24.9 Å². The molecule has 2 aromatic heterocycles. The highest BCUT2D eigenvalue weighted by molar-refractivity contribution is 5.85. The van der Waals surface area contributed by atoms with Crippen LogP contribution in [-0.2, 0) is 32.8 Å². The van der Waals surface area contributed by atoms with Crippen molar-refractivity contribution in [3.63, 3.8) is 0 Å². The number of carbonyl (C=O) groups excluding carboxylic acids is 1. The van der Waals surface area contributed by atoms with E-state index in [1.807, 2.05) is 49.1 Å². The summed E-state index contributed by atoms with van der Waals surface area (Å²) >= 11 is 0. The Bertz CT molecular complexity index is 1380. The van der Waals surface area contributed by atoms with E-state index in [1.165, 1.54) is 5.56 Å². The Balaban J connectivity index is 1.12. The second kappa shape index (κ2) is 8.21. The van der Waals surface area contributed by atoms with Gasteiger partial charge < -0.3 is 24.2 Å². The van der Waals surface area contributed by atoms with Gasteiger partial charge in [0, 0.05) is 37.5 Å². The highest BCUT2D eigenvalue weighted by Crippen LogP contribution is 2.60. The Morgan fingerprint density at radius 2 is 2.19 bits per heavy atom. The van der Waals surface area contributed by atoms with Crippen molar-refractivity contribution in [2.45, 2.75) is 75.6 Å². The summed E-state index contributed by atoms with van der Waals surface area (Å²) in [6.45, 7) is 6.21. The molecular weight excluding hydrogens is 474 g/mol. The molecule has 8 rings (SSSR count). The number of carbonyl (C=O) groups is 1. The lowest BCUT2D eigenvalue weighted by molar-refractivity contribution is -0.143. The van der Waals surface area contributed by atoms with Crippen molar-refractivity contribution < 1.29 is 24.1 Å². The second-order valence-electron chi connectivity index (χ2n) is 11.2. The Morgan fingerprint density at radius 3 is 3.00 bits per heavy atom. The van der Waals surface area contributed by atoms with Gasteiger partial charge in [-0.3, -0.25) is 9.78 Å².